The van der Waals surface area contributed by atoms with Gasteiger partial charge in [0.1, 0.15) is 11.3 Å². The molecule has 2 aromatic heterocycles. The van der Waals surface area contributed by atoms with E-state index in [9.17, 15) is 0 Å². The van der Waals surface area contributed by atoms with Crippen LogP contribution < -0.4 is 0 Å². The van der Waals surface area contributed by atoms with Crippen molar-refractivity contribution in [1.29, 1.82) is 0 Å². The SMILES string of the molecule is Cc1ccc2nc(CCCl)n(CCN3CCCCC3)c2n1. The molecule has 0 spiro atoms. The average molecular weight is 307 g/mol. The van der Waals surface area contributed by atoms with Gasteiger partial charge in [-0.25, -0.2) is 9.97 Å². The van der Waals surface area contributed by atoms with E-state index in [4.69, 9.17) is 16.6 Å². The van der Waals surface area contributed by atoms with Gasteiger partial charge in [-0.3, -0.25) is 0 Å². The fourth-order valence-corrected chi connectivity index (χ4v) is 3.25. The lowest BCUT2D eigenvalue weighted by Gasteiger charge is -2.26. The van der Waals surface area contributed by atoms with Crippen molar-refractivity contribution in [3.63, 3.8) is 0 Å². The van der Waals surface area contributed by atoms with Gasteiger partial charge < -0.3 is 9.47 Å². The highest BCUT2D eigenvalue weighted by Gasteiger charge is 2.14. The molecular formula is C16H23ClN4. The quantitative estimate of drug-likeness (QED) is 0.796. The molecular weight excluding hydrogens is 284 g/mol. The number of alkyl halides is 1. The van der Waals surface area contributed by atoms with Gasteiger partial charge in [-0.15, -0.1) is 11.6 Å². The molecule has 0 bridgehead atoms. The summed E-state index contributed by atoms with van der Waals surface area (Å²) in [4.78, 5) is 11.9. The second-order valence-electron chi connectivity index (χ2n) is 5.82. The molecule has 0 radical (unpaired) electrons. The number of hydrogen-bond acceptors (Lipinski definition) is 3. The number of fused-ring (bicyclic) bond motifs is 1. The predicted molar refractivity (Wildman–Crippen MR) is 87.0 cm³/mol. The molecule has 0 aliphatic carbocycles. The third-order valence-corrected chi connectivity index (χ3v) is 4.41. The molecule has 0 aromatic carbocycles. The summed E-state index contributed by atoms with van der Waals surface area (Å²) in [5.41, 5.74) is 3.03. The summed E-state index contributed by atoms with van der Waals surface area (Å²) < 4.78 is 2.26. The highest BCUT2D eigenvalue weighted by atomic mass is 35.5. The Labute approximate surface area is 131 Å². The number of nitrogens with zero attached hydrogens (tertiary/aromatic N) is 4. The summed E-state index contributed by atoms with van der Waals surface area (Å²) in [5.74, 6) is 1.67. The fourth-order valence-electron chi connectivity index (χ4n) is 3.08. The Bertz CT molecular complexity index is 602. The first kappa shape index (κ1) is 14.8. The molecule has 0 N–H and O–H groups in total. The number of likely N-dealkylation sites (tertiary alicyclic amines) is 1. The Morgan fingerprint density at radius 1 is 1.10 bits per heavy atom. The molecule has 21 heavy (non-hydrogen) atoms. The van der Waals surface area contributed by atoms with E-state index >= 15 is 0 Å². The van der Waals surface area contributed by atoms with Crippen LogP contribution in [0.5, 0.6) is 0 Å². The van der Waals surface area contributed by atoms with E-state index in [0.29, 0.717) is 5.88 Å². The summed E-state index contributed by atoms with van der Waals surface area (Å²) in [7, 11) is 0. The Morgan fingerprint density at radius 3 is 2.67 bits per heavy atom. The van der Waals surface area contributed by atoms with E-state index in [1.807, 2.05) is 13.0 Å². The summed E-state index contributed by atoms with van der Waals surface area (Å²) in [5, 5.41) is 0. The molecule has 3 heterocycles. The Kier molecular flexibility index (Phi) is 4.76. The average Bonchev–Trinajstić information content (AvgIpc) is 2.83. The topological polar surface area (TPSA) is 34.0 Å². The van der Waals surface area contributed by atoms with Crippen LogP contribution in [0.1, 0.15) is 30.8 Å². The summed E-state index contributed by atoms with van der Waals surface area (Å²) >= 11 is 5.93. The smallest absolute Gasteiger partial charge is 0.160 e. The predicted octanol–water partition coefficient (Wildman–Crippen LogP) is 3.01. The van der Waals surface area contributed by atoms with Crippen LogP contribution in [0.4, 0.5) is 0 Å². The number of halogens is 1. The summed E-state index contributed by atoms with van der Waals surface area (Å²) in [6.45, 7) is 6.52. The second kappa shape index (κ2) is 6.75. The number of imidazole rings is 1. The molecule has 0 unspecified atom stereocenters. The molecule has 1 aliphatic rings. The number of aromatic nitrogens is 3. The maximum Gasteiger partial charge on any atom is 0.160 e. The maximum absolute atomic E-state index is 5.93. The van der Waals surface area contributed by atoms with Gasteiger partial charge in [0.15, 0.2) is 5.65 Å². The largest absolute Gasteiger partial charge is 0.311 e. The van der Waals surface area contributed by atoms with Crippen molar-refractivity contribution in [2.75, 3.05) is 25.5 Å². The zero-order valence-corrected chi connectivity index (χ0v) is 13.4. The molecule has 1 saturated heterocycles. The summed E-state index contributed by atoms with van der Waals surface area (Å²) in [6, 6.07) is 4.08. The lowest BCUT2D eigenvalue weighted by molar-refractivity contribution is 0.221. The first-order valence-electron chi connectivity index (χ1n) is 7.89. The first-order chi connectivity index (χ1) is 10.3. The van der Waals surface area contributed by atoms with Crippen molar-refractivity contribution >= 4 is 22.8 Å². The van der Waals surface area contributed by atoms with Gasteiger partial charge in [0, 0.05) is 31.1 Å². The first-order valence-corrected chi connectivity index (χ1v) is 8.42. The summed E-state index contributed by atoms with van der Waals surface area (Å²) in [6.07, 6.45) is 4.84. The van der Waals surface area contributed by atoms with Crippen molar-refractivity contribution in [2.24, 2.45) is 0 Å². The van der Waals surface area contributed by atoms with Gasteiger partial charge >= 0.3 is 0 Å². The Hall–Kier alpha value is -1.13. The molecule has 4 nitrogen and oxygen atoms in total. The third-order valence-electron chi connectivity index (χ3n) is 4.22. The zero-order valence-electron chi connectivity index (χ0n) is 12.7. The van der Waals surface area contributed by atoms with Crippen molar-refractivity contribution in [1.82, 2.24) is 19.4 Å². The minimum absolute atomic E-state index is 0.603. The lowest BCUT2D eigenvalue weighted by atomic mass is 10.1. The van der Waals surface area contributed by atoms with Crippen molar-refractivity contribution < 1.29 is 0 Å². The highest BCUT2D eigenvalue weighted by Crippen LogP contribution is 2.17. The third kappa shape index (κ3) is 3.38. The molecule has 5 heteroatoms. The molecule has 114 valence electrons. The minimum atomic E-state index is 0.603. The van der Waals surface area contributed by atoms with Crippen molar-refractivity contribution in [3.05, 3.63) is 23.7 Å². The van der Waals surface area contributed by atoms with Crippen LogP contribution in [0.25, 0.3) is 11.2 Å². The number of hydrogen-bond donors (Lipinski definition) is 0. The van der Waals surface area contributed by atoms with E-state index in [-0.39, 0.29) is 0 Å². The van der Waals surface area contributed by atoms with Crippen molar-refractivity contribution in [3.8, 4) is 0 Å². The van der Waals surface area contributed by atoms with E-state index in [1.54, 1.807) is 0 Å². The highest BCUT2D eigenvalue weighted by molar-refractivity contribution is 6.17. The van der Waals surface area contributed by atoms with E-state index < -0.39 is 0 Å². The van der Waals surface area contributed by atoms with Crippen LogP contribution in [0, 0.1) is 6.92 Å². The van der Waals surface area contributed by atoms with Gasteiger partial charge in [0.2, 0.25) is 0 Å². The molecule has 0 saturated carbocycles. The fraction of sp³-hybridized carbons (Fsp3) is 0.625. The van der Waals surface area contributed by atoms with E-state index in [2.05, 4.69) is 20.5 Å². The minimum Gasteiger partial charge on any atom is -0.311 e. The Morgan fingerprint density at radius 2 is 1.90 bits per heavy atom. The molecule has 1 aliphatic heterocycles. The maximum atomic E-state index is 5.93. The van der Waals surface area contributed by atoms with Crippen LogP contribution in [-0.4, -0.2) is 44.9 Å². The molecule has 0 amide bonds. The number of rotatable bonds is 5. The van der Waals surface area contributed by atoms with E-state index in [1.165, 1.54) is 32.4 Å². The van der Waals surface area contributed by atoms with Crippen LogP contribution in [0.3, 0.4) is 0 Å². The molecule has 1 fully saturated rings. The van der Waals surface area contributed by atoms with Crippen LogP contribution >= 0.6 is 11.6 Å². The number of piperidine rings is 1. The van der Waals surface area contributed by atoms with Gasteiger partial charge in [-0.1, -0.05) is 6.42 Å². The lowest BCUT2D eigenvalue weighted by Crippen LogP contribution is -2.32. The molecule has 2 aromatic rings. The Balaban J connectivity index is 1.83. The molecule has 3 rings (SSSR count). The normalized spacial score (nSPS) is 16.7. The van der Waals surface area contributed by atoms with Gasteiger partial charge in [-0.2, -0.15) is 0 Å². The van der Waals surface area contributed by atoms with E-state index in [0.717, 1.165) is 42.2 Å². The number of pyridine rings is 1. The monoisotopic (exact) mass is 306 g/mol. The zero-order chi connectivity index (χ0) is 14.7. The van der Waals surface area contributed by atoms with Gasteiger partial charge in [0.25, 0.3) is 0 Å². The van der Waals surface area contributed by atoms with Crippen LogP contribution in [0.2, 0.25) is 0 Å². The van der Waals surface area contributed by atoms with Crippen LogP contribution in [0.15, 0.2) is 12.1 Å². The van der Waals surface area contributed by atoms with Gasteiger partial charge in [-0.05, 0) is 45.0 Å². The second-order valence-corrected chi connectivity index (χ2v) is 6.19. The molecule has 0 atom stereocenters. The standard InChI is InChI=1S/C16H23ClN4/c1-13-5-6-14-16(18-13)21(15(19-14)7-8-17)12-11-20-9-3-2-4-10-20/h5-6H,2-4,7-12H2,1H3. The number of aryl methyl sites for hydroxylation is 2. The van der Waals surface area contributed by atoms with Crippen LogP contribution in [-0.2, 0) is 13.0 Å². The van der Waals surface area contributed by atoms with Crippen molar-refractivity contribution in [2.45, 2.75) is 39.2 Å². The van der Waals surface area contributed by atoms with Gasteiger partial charge in [0.05, 0.1) is 0 Å².